The van der Waals surface area contributed by atoms with Gasteiger partial charge in [0.15, 0.2) is 0 Å². The number of ether oxygens (including phenoxy) is 1. The molecule has 0 radical (unpaired) electrons. The molecule has 7 heteroatoms. The van der Waals surface area contributed by atoms with Crippen molar-refractivity contribution in [2.24, 2.45) is 7.05 Å². The van der Waals surface area contributed by atoms with Crippen LogP contribution in [0.15, 0.2) is 30.6 Å². The molecule has 19 heavy (non-hydrogen) atoms. The molecule has 0 saturated carbocycles. The van der Waals surface area contributed by atoms with Gasteiger partial charge in [-0.2, -0.15) is 13.9 Å². The Morgan fingerprint density at radius 3 is 2.84 bits per heavy atom. The van der Waals surface area contributed by atoms with Crippen molar-refractivity contribution in [3.8, 4) is 5.75 Å². The Balaban J connectivity index is 1.99. The molecule has 4 nitrogen and oxygen atoms in total. The molecule has 0 aliphatic rings. The third kappa shape index (κ3) is 3.82. The summed E-state index contributed by atoms with van der Waals surface area (Å²) < 4.78 is 30.1. The van der Waals surface area contributed by atoms with Crippen molar-refractivity contribution in [1.29, 1.82) is 0 Å². The van der Waals surface area contributed by atoms with Crippen molar-refractivity contribution in [3.05, 3.63) is 41.2 Å². The van der Waals surface area contributed by atoms with E-state index in [4.69, 9.17) is 11.6 Å². The van der Waals surface area contributed by atoms with Gasteiger partial charge >= 0.3 is 6.61 Å². The molecule has 0 saturated heterocycles. The molecule has 0 spiro atoms. The molecule has 0 aliphatic carbocycles. The Bertz CT molecular complexity index is 560. The van der Waals surface area contributed by atoms with Gasteiger partial charge < -0.3 is 10.1 Å². The van der Waals surface area contributed by atoms with Crippen LogP contribution in [-0.2, 0) is 13.6 Å². The van der Waals surface area contributed by atoms with Crippen molar-refractivity contribution >= 4 is 17.3 Å². The van der Waals surface area contributed by atoms with Crippen LogP contribution in [0.4, 0.5) is 14.5 Å². The minimum absolute atomic E-state index is 0.0383. The topological polar surface area (TPSA) is 39.1 Å². The summed E-state index contributed by atoms with van der Waals surface area (Å²) in [5.74, 6) is -0.0383. The van der Waals surface area contributed by atoms with Crippen molar-refractivity contribution in [3.63, 3.8) is 0 Å². The lowest BCUT2D eigenvalue weighted by molar-refractivity contribution is -0.0497. The quantitative estimate of drug-likeness (QED) is 0.917. The number of benzene rings is 1. The van der Waals surface area contributed by atoms with Gasteiger partial charge in [-0.15, -0.1) is 0 Å². The summed E-state index contributed by atoms with van der Waals surface area (Å²) in [6.45, 7) is -2.31. The lowest BCUT2D eigenvalue weighted by Crippen LogP contribution is -2.03. The molecule has 0 bridgehead atoms. The number of nitrogens with zero attached hydrogens (tertiary/aromatic N) is 2. The molecule has 0 atom stereocenters. The van der Waals surface area contributed by atoms with Crippen LogP contribution in [0.25, 0.3) is 0 Å². The number of nitrogens with one attached hydrogen (secondary N) is 1. The van der Waals surface area contributed by atoms with Crippen molar-refractivity contribution in [2.75, 3.05) is 5.32 Å². The Morgan fingerprint density at radius 2 is 2.26 bits per heavy atom. The first-order valence-corrected chi connectivity index (χ1v) is 5.88. The first-order valence-electron chi connectivity index (χ1n) is 5.50. The van der Waals surface area contributed by atoms with Gasteiger partial charge in [0.25, 0.3) is 0 Å². The Labute approximate surface area is 113 Å². The first kappa shape index (κ1) is 13.6. The number of alkyl halides is 2. The Morgan fingerprint density at radius 1 is 1.47 bits per heavy atom. The SMILES string of the molecule is Cn1cc(CNc2ccc(OC(F)F)c(Cl)c2)cn1. The highest BCUT2D eigenvalue weighted by Crippen LogP contribution is 2.29. The summed E-state index contributed by atoms with van der Waals surface area (Å²) in [5.41, 5.74) is 1.72. The van der Waals surface area contributed by atoms with Gasteiger partial charge in [-0.05, 0) is 18.2 Å². The first-order chi connectivity index (χ1) is 9.04. The Kier molecular flexibility index (Phi) is 4.21. The lowest BCUT2D eigenvalue weighted by atomic mass is 10.3. The minimum atomic E-state index is -2.88. The van der Waals surface area contributed by atoms with E-state index in [-0.39, 0.29) is 10.8 Å². The predicted octanol–water partition coefficient (Wildman–Crippen LogP) is 3.29. The molecule has 2 aromatic rings. The number of aromatic nitrogens is 2. The second-order valence-corrected chi connectivity index (χ2v) is 4.31. The third-order valence-corrected chi connectivity index (χ3v) is 2.70. The fraction of sp³-hybridized carbons (Fsp3) is 0.250. The summed E-state index contributed by atoms with van der Waals surface area (Å²) in [6, 6.07) is 4.57. The van der Waals surface area contributed by atoms with Gasteiger partial charge in [0.2, 0.25) is 0 Å². The highest BCUT2D eigenvalue weighted by Gasteiger charge is 2.09. The summed E-state index contributed by atoms with van der Waals surface area (Å²) in [5, 5.41) is 7.29. The van der Waals surface area contributed by atoms with E-state index in [2.05, 4.69) is 15.2 Å². The molecule has 102 valence electrons. The van der Waals surface area contributed by atoms with E-state index < -0.39 is 6.61 Å². The summed E-state index contributed by atoms with van der Waals surface area (Å²) in [4.78, 5) is 0. The van der Waals surface area contributed by atoms with Crippen LogP contribution in [0.5, 0.6) is 5.75 Å². The monoisotopic (exact) mass is 287 g/mol. The summed E-state index contributed by atoms with van der Waals surface area (Å²) in [7, 11) is 1.83. The van der Waals surface area contributed by atoms with Crippen LogP contribution in [0.2, 0.25) is 5.02 Å². The van der Waals surface area contributed by atoms with E-state index in [1.165, 1.54) is 12.1 Å². The molecule has 0 unspecified atom stereocenters. The molecule has 2 rings (SSSR count). The number of rotatable bonds is 5. The number of anilines is 1. The minimum Gasteiger partial charge on any atom is -0.433 e. The standard InChI is InChI=1S/C12H12ClF2N3O/c1-18-7-8(6-17-18)5-16-9-2-3-11(10(13)4-9)19-12(14)15/h2-4,6-7,12,16H,5H2,1H3. The Hall–Kier alpha value is -1.82. The second-order valence-electron chi connectivity index (χ2n) is 3.90. The smallest absolute Gasteiger partial charge is 0.387 e. The average molecular weight is 288 g/mol. The fourth-order valence-corrected chi connectivity index (χ4v) is 1.79. The normalized spacial score (nSPS) is 10.8. The highest BCUT2D eigenvalue weighted by atomic mass is 35.5. The van der Waals surface area contributed by atoms with Gasteiger partial charge in [-0.25, -0.2) is 0 Å². The molecular formula is C12H12ClF2N3O. The summed E-state index contributed by atoms with van der Waals surface area (Å²) in [6.07, 6.45) is 3.62. The molecule has 0 amide bonds. The maximum absolute atomic E-state index is 12.1. The largest absolute Gasteiger partial charge is 0.433 e. The van der Waals surface area contributed by atoms with E-state index in [1.54, 1.807) is 16.9 Å². The average Bonchev–Trinajstić information content (AvgIpc) is 2.75. The molecule has 0 aliphatic heterocycles. The lowest BCUT2D eigenvalue weighted by Gasteiger charge is -2.09. The highest BCUT2D eigenvalue weighted by molar-refractivity contribution is 6.32. The number of hydrogen-bond donors (Lipinski definition) is 1. The van der Waals surface area contributed by atoms with Gasteiger partial charge in [0.1, 0.15) is 5.75 Å². The van der Waals surface area contributed by atoms with Crippen LogP contribution in [0.1, 0.15) is 5.56 Å². The van der Waals surface area contributed by atoms with Crippen molar-refractivity contribution in [2.45, 2.75) is 13.2 Å². The second kappa shape index (κ2) is 5.88. The molecule has 1 aromatic heterocycles. The van der Waals surface area contributed by atoms with Crippen molar-refractivity contribution in [1.82, 2.24) is 9.78 Å². The van der Waals surface area contributed by atoms with E-state index in [0.717, 1.165) is 11.3 Å². The summed E-state index contributed by atoms with van der Waals surface area (Å²) >= 11 is 5.84. The van der Waals surface area contributed by atoms with Crippen LogP contribution < -0.4 is 10.1 Å². The van der Waals surface area contributed by atoms with Gasteiger partial charge in [-0.3, -0.25) is 4.68 Å². The molecule has 0 fully saturated rings. The van der Waals surface area contributed by atoms with E-state index in [9.17, 15) is 8.78 Å². The third-order valence-electron chi connectivity index (χ3n) is 2.40. The maximum atomic E-state index is 12.1. The zero-order chi connectivity index (χ0) is 13.8. The fourth-order valence-electron chi connectivity index (χ4n) is 1.57. The molecule has 1 N–H and O–H groups in total. The number of halogens is 3. The van der Waals surface area contributed by atoms with Crippen LogP contribution in [0, 0.1) is 0 Å². The van der Waals surface area contributed by atoms with Gasteiger partial charge in [0, 0.05) is 31.0 Å². The van der Waals surface area contributed by atoms with Crippen LogP contribution in [0.3, 0.4) is 0 Å². The van der Waals surface area contributed by atoms with E-state index >= 15 is 0 Å². The van der Waals surface area contributed by atoms with E-state index in [1.807, 2.05) is 13.2 Å². The zero-order valence-electron chi connectivity index (χ0n) is 10.1. The van der Waals surface area contributed by atoms with Crippen molar-refractivity contribution < 1.29 is 13.5 Å². The molecular weight excluding hydrogens is 276 g/mol. The number of hydrogen-bond acceptors (Lipinski definition) is 3. The van der Waals surface area contributed by atoms with Gasteiger partial charge in [-0.1, -0.05) is 11.6 Å². The number of aryl methyl sites for hydroxylation is 1. The predicted molar refractivity (Wildman–Crippen MR) is 68.6 cm³/mol. The molecule has 1 heterocycles. The van der Waals surface area contributed by atoms with Crippen LogP contribution in [-0.4, -0.2) is 16.4 Å². The molecule has 1 aromatic carbocycles. The maximum Gasteiger partial charge on any atom is 0.387 e. The zero-order valence-corrected chi connectivity index (χ0v) is 10.9. The van der Waals surface area contributed by atoms with Crippen LogP contribution >= 0.6 is 11.6 Å². The van der Waals surface area contributed by atoms with Gasteiger partial charge in [0.05, 0.1) is 11.2 Å². The van der Waals surface area contributed by atoms with E-state index in [0.29, 0.717) is 6.54 Å².